The summed E-state index contributed by atoms with van der Waals surface area (Å²) < 4.78 is 5.49. The molecule has 0 saturated carbocycles. The minimum Gasteiger partial charge on any atom is -0.484 e. The standard InChI is InChI=1S/C25H24N2O4/c1-2-23(28)19-12-14-20(15-13-19)31-17-24(29)27-22-11-7-6-10-21(22)25(30)26-16-18-8-4-3-5-9-18/h3-15H,2,16-17H2,1H3,(H,26,30)(H,27,29). The number of rotatable bonds is 9. The lowest BCUT2D eigenvalue weighted by Gasteiger charge is -2.12. The van der Waals surface area contributed by atoms with E-state index in [2.05, 4.69) is 10.6 Å². The molecule has 0 saturated heterocycles. The van der Waals surface area contributed by atoms with Crippen LogP contribution >= 0.6 is 0 Å². The first-order valence-electron chi connectivity index (χ1n) is 10.0. The molecule has 6 heteroatoms. The number of ketones is 1. The lowest BCUT2D eigenvalue weighted by molar-refractivity contribution is -0.118. The normalized spacial score (nSPS) is 10.2. The predicted molar refractivity (Wildman–Crippen MR) is 119 cm³/mol. The summed E-state index contributed by atoms with van der Waals surface area (Å²) in [6.45, 7) is 1.97. The fourth-order valence-electron chi connectivity index (χ4n) is 2.94. The van der Waals surface area contributed by atoms with E-state index in [9.17, 15) is 14.4 Å². The van der Waals surface area contributed by atoms with Crippen LogP contribution in [-0.4, -0.2) is 24.2 Å². The van der Waals surface area contributed by atoms with Gasteiger partial charge in [-0.2, -0.15) is 0 Å². The van der Waals surface area contributed by atoms with Gasteiger partial charge in [0.2, 0.25) is 0 Å². The molecule has 0 aliphatic carbocycles. The van der Waals surface area contributed by atoms with Crippen molar-refractivity contribution in [1.82, 2.24) is 5.32 Å². The fraction of sp³-hybridized carbons (Fsp3) is 0.160. The molecular formula is C25H24N2O4. The Bertz CT molecular complexity index is 1050. The van der Waals surface area contributed by atoms with Gasteiger partial charge in [-0.15, -0.1) is 0 Å². The van der Waals surface area contributed by atoms with Gasteiger partial charge in [-0.3, -0.25) is 14.4 Å². The van der Waals surface area contributed by atoms with Gasteiger partial charge in [-0.1, -0.05) is 49.4 Å². The highest BCUT2D eigenvalue weighted by Gasteiger charge is 2.13. The van der Waals surface area contributed by atoms with Gasteiger partial charge in [-0.05, 0) is 42.0 Å². The smallest absolute Gasteiger partial charge is 0.262 e. The van der Waals surface area contributed by atoms with Crippen molar-refractivity contribution >= 4 is 23.3 Å². The summed E-state index contributed by atoms with van der Waals surface area (Å²) in [7, 11) is 0. The zero-order valence-electron chi connectivity index (χ0n) is 17.3. The molecule has 0 spiro atoms. The van der Waals surface area contributed by atoms with E-state index in [0.29, 0.717) is 35.5 Å². The maximum Gasteiger partial charge on any atom is 0.262 e. The van der Waals surface area contributed by atoms with Crippen LogP contribution in [0.15, 0.2) is 78.9 Å². The van der Waals surface area contributed by atoms with Crippen molar-refractivity contribution in [3.63, 3.8) is 0 Å². The Labute approximate surface area is 181 Å². The summed E-state index contributed by atoms with van der Waals surface area (Å²) in [5, 5.41) is 5.58. The van der Waals surface area contributed by atoms with Gasteiger partial charge in [0.05, 0.1) is 11.3 Å². The third-order valence-electron chi connectivity index (χ3n) is 4.61. The van der Waals surface area contributed by atoms with E-state index in [4.69, 9.17) is 4.74 Å². The van der Waals surface area contributed by atoms with E-state index in [0.717, 1.165) is 5.56 Å². The predicted octanol–water partition coefficient (Wildman–Crippen LogP) is 4.23. The number of nitrogens with one attached hydrogen (secondary N) is 2. The van der Waals surface area contributed by atoms with Crippen LogP contribution in [-0.2, 0) is 11.3 Å². The number of Topliss-reactive ketones (excluding diaryl/α,β-unsaturated/α-hetero) is 1. The number of amides is 2. The number of hydrogen-bond donors (Lipinski definition) is 2. The number of ether oxygens (including phenoxy) is 1. The highest BCUT2D eigenvalue weighted by atomic mass is 16.5. The summed E-state index contributed by atoms with van der Waals surface area (Å²) in [5.41, 5.74) is 2.37. The second-order valence-electron chi connectivity index (χ2n) is 6.85. The lowest BCUT2D eigenvalue weighted by Crippen LogP contribution is -2.26. The van der Waals surface area contributed by atoms with Gasteiger partial charge in [-0.25, -0.2) is 0 Å². The molecule has 0 heterocycles. The molecule has 0 radical (unpaired) electrons. The molecule has 158 valence electrons. The fourth-order valence-corrected chi connectivity index (χ4v) is 2.94. The molecule has 0 bridgehead atoms. The van der Waals surface area contributed by atoms with Crippen molar-refractivity contribution in [2.45, 2.75) is 19.9 Å². The SMILES string of the molecule is CCC(=O)c1ccc(OCC(=O)Nc2ccccc2C(=O)NCc2ccccc2)cc1. The maximum atomic E-state index is 12.6. The van der Waals surface area contributed by atoms with Crippen LogP contribution < -0.4 is 15.4 Å². The van der Waals surface area contributed by atoms with Crippen LogP contribution in [0.3, 0.4) is 0 Å². The Kier molecular flexibility index (Phi) is 7.54. The average molecular weight is 416 g/mol. The van der Waals surface area contributed by atoms with E-state index >= 15 is 0 Å². The second-order valence-corrected chi connectivity index (χ2v) is 6.85. The third-order valence-corrected chi connectivity index (χ3v) is 4.61. The molecule has 31 heavy (non-hydrogen) atoms. The number of carbonyl (C=O) groups excluding carboxylic acids is 3. The molecule has 6 nitrogen and oxygen atoms in total. The zero-order valence-corrected chi connectivity index (χ0v) is 17.3. The van der Waals surface area contributed by atoms with E-state index in [1.165, 1.54) is 0 Å². The van der Waals surface area contributed by atoms with E-state index in [1.807, 2.05) is 30.3 Å². The molecular weight excluding hydrogens is 392 g/mol. The number of anilines is 1. The maximum absolute atomic E-state index is 12.6. The minimum absolute atomic E-state index is 0.0476. The van der Waals surface area contributed by atoms with Crippen molar-refractivity contribution in [2.75, 3.05) is 11.9 Å². The average Bonchev–Trinajstić information content (AvgIpc) is 2.82. The summed E-state index contributed by atoms with van der Waals surface area (Å²) in [4.78, 5) is 36.6. The Hall–Kier alpha value is -3.93. The molecule has 0 fully saturated rings. The molecule has 0 aliphatic rings. The molecule has 2 N–H and O–H groups in total. The quantitative estimate of drug-likeness (QED) is 0.512. The van der Waals surface area contributed by atoms with Crippen molar-refractivity contribution in [3.05, 3.63) is 95.6 Å². The number of benzene rings is 3. The first-order chi connectivity index (χ1) is 15.1. The molecule has 3 aromatic carbocycles. The molecule has 0 unspecified atom stereocenters. The lowest BCUT2D eigenvalue weighted by atomic mass is 10.1. The van der Waals surface area contributed by atoms with Gasteiger partial charge >= 0.3 is 0 Å². The first-order valence-corrected chi connectivity index (χ1v) is 10.0. The van der Waals surface area contributed by atoms with E-state index in [-0.39, 0.29) is 18.3 Å². The van der Waals surface area contributed by atoms with Crippen LogP contribution in [0.1, 0.15) is 39.6 Å². The molecule has 3 aromatic rings. The summed E-state index contributed by atoms with van der Waals surface area (Å²) in [6, 6.07) is 23.0. The Morgan fingerprint density at radius 2 is 1.52 bits per heavy atom. The highest BCUT2D eigenvalue weighted by Crippen LogP contribution is 2.16. The van der Waals surface area contributed by atoms with Gasteiger partial charge in [0.15, 0.2) is 12.4 Å². The largest absolute Gasteiger partial charge is 0.484 e. The Morgan fingerprint density at radius 3 is 2.23 bits per heavy atom. The summed E-state index contributed by atoms with van der Waals surface area (Å²) in [5.74, 6) is -0.142. The van der Waals surface area contributed by atoms with Crippen molar-refractivity contribution in [1.29, 1.82) is 0 Å². The third kappa shape index (κ3) is 6.27. The van der Waals surface area contributed by atoms with Gasteiger partial charge in [0.1, 0.15) is 5.75 Å². The topological polar surface area (TPSA) is 84.5 Å². The molecule has 0 atom stereocenters. The van der Waals surface area contributed by atoms with Gasteiger partial charge in [0, 0.05) is 18.5 Å². The number of hydrogen-bond acceptors (Lipinski definition) is 4. The summed E-state index contributed by atoms with van der Waals surface area (Å²) >= 11 is 0. The molecule has 0 aromatic heterocycles. The second kappa shape index (κ2) is 10.7. The molecule has 3 rings (SSSR count). The molecule has 2 amide bonds. The van der Waals surface area contributed by atoms with E-state index < -0.39 is 5.91 Å². The van der Waals surface area contributed by atoms with Crippen LogP contribution in [0, 0.1) is 0 Å². The van der Waals surface area contributed by atoms with Crippen molar-refractivity contribution in [3.8, 4) is 5.75 Å². The van der Waals surface area contributed by atoms with Crippen molar-refractivity contribution in [2.24, 2.45) is 0 Å². The molecule has 0 aliphatic heterocycles. The number of para-hydroxylation sites is 1. The highest BCUT2D eigenvalue weighted by molar-refractivity contribution is 6.04. The van der Waals surface area contributed by atoms with Crippen LogP contribution in [0.2, 0.25) is 0 Å². The van der Waals surface area contributed by atoms with E-state index in [1.54, 1.807) is 55.5 Å². The van der Waals surface area contributed by atoms with Crippen LogP contribution in [0.5, 0.6) is 5.75 Å². The van der Waals surface area contributed by atoms with Gasteiger partial charge < -0.3 is 15.4 Å². The number of carbonyl (C=O) groups is 3. The first kappa shape index (κ1) is 21.8. The van der Waals surface area contributed by atoms with Crippen molar-refractivity contribution < 1.29 is 19.1 Å². The van der Waals surface area contributed by atoms with Crippen LogP contribution in [0.4, 0.5) is 5.69 Å². The monoisotopic (exact) mass is 416 g/mol. The minimum atomic E-state index is -0.392. The van der Waals surface area contributed by atoms with Gasteiger partial charge in [0.25, 0.3) is 11.8 Å². The van der Waals surface area contributed by atoms with Crippen LogP contribution in [0.25, 0.3) is 0 Å². The zero-order chi connectivity index (χ0) is 22.1. The summed E-state index contributed by atoms with van der Waals surface area (Å²) in [6.07, 6.45) is 0.431. The Morgan fingerprint density at radius 1 is 0.839 bits per heavy atom. The Balaban J connectivity index is 1.56.